The second-order valence-corrected chi connectivity index (χ2v) is 5.97. The fourth-order valence-corrected chi connectivity index (χ4v) is 3.19. The lowest BCUT2D eigenvalue weighted by Gasteiger charge is -2.03. The predicted octanol–water partition coefficient (Wildman–Crippen LogP) is 3.45. The second kappa shape index (κ2) is 4.90. The van der Waals surface area contributed by atoms with Crippen LogP contribution in [0.2, 0.25) is 0 Å². The van der Waals surface area contributed by atoms with Gasteiger partial charge in [-0.25, -0.2) is 14.6 Å². The predicted molar refractivity (Wildman–Crippen MR) is 79.6 cm³/mol. The Bertz CT molecular complexity index is 734. The molecule has 0 amide bonds. The minimum absolute atomic E-state index is 0.550. The Morgan fingerprint density at radius 2 is 2.00 bits per heavy atom. The second-order valence-electron chi connectivity index (χ2n) is 5.01. The lowest BCUT2D eigenvalue weighted by molar-refractivity contribution is 0.658. The van der Waals surface area contributed by atoms with Gasteiger partial charge in [-0.1, -0.05) is 30.3 Å². The average Bonchev–Trinajstić information content (AvgIpc) is 3.25. The summed E-state index contributed by atoms with van der Waals surface area (Å²) in [6.45, 7) is 0. The average molecular weight is 282 g/mol. The summed E-state index contributed by atoms with van der Waals surface area (Å²) >= 11 is 1.74. The van der Waals surface area contributed by atoms with Crippen molar-refractivity contribution in [3.05, 3.63) is 48.4 Å². The number of nitrogens with zero attached hydrogens (tertiary/aromatic N) is 4. The van der Waals surface area contributed by atoms with Crippen LogP contribution in [-0.4, -0.2) is 19.7 Å². The van der Waals surface area contributed by atoms with Gasteiger partial charge in [-0.2, -0.15) is 5.10 Å². The van der Waals surface area contributed by atoms with Gasteiger partial charge in [0.2, 0.25) is 0 Å². The van der Waals surface area contributed by atoms with E-state index in [0.717, 1.165) is 21.8 Å². The molecule has 1 fully saturated rings. The Hall–Kier alpha value is -1.88. The fourth-order valence-electron chi connectivity index (χ4n) is 2.27. The van der Waals surface area contributed by atoms with E-state index in [0.29, 0.717) is 6.04 Å². The molecule has 0 saturated heterocycles. The highest BCUT2D eigenvalue weighted by Gasteiger charge is 2.27. The molecule has 0 N–H and O–H groups in total. The first-order valence-corrected chi connectivity index (χ1v) is 7.75. The number of hydrogen-bond acceptors (Lipinski definition) is 4. The highest BCUT2D eigenvalue weighted by molar-refractivity contribution is 7.98. The topological polar surface area (TPSA) is 43.6 Å². The maximum Gasteiger partial charge on any atom is 0.162 e. The van der Waals surface area contributed by atoms with Gasteiger partial charge in [0, 0.05) is 5.75 Å². The summed E-state index contributed by atoms with van der Waals surface area (Å²) in [5.74, 6) is 0.918. The van der Waals surface area contributed by atoms with Crippen molar-refractivity contribution in [1.29, 1.82) is 0 Å². The van der Waals surface area contributed by atoms with E-state index >= 15 is 0 Å². The molecule has 2 heterocycles. The van der Waals surface area contributed by atoms with Crippen LogP contribution in [0.15, 0.2) is 47.9 Å². The first kappa shape index (κ1) is 11.9. The molecule has 0 spiro atoms. The molecule has 0 unspecified atom stereocenters. The van der Waals surface area contributed by atoms with E-state index in [2.05, 4.69) is 39.3 Å². The first-order valence-electron chi connectivity index (χ1n) is 6.77. The van der Waals surface area contributed by atoms with Crippen LogP contribution in [0.1, 0.15) is 24.4 Å². The number of thioether (sulfide) groups is 1. The zero-order chi connectivity index (χ0) is 13.4. The summed E-state index contributed by atoms with van der Waals surface area (Å²) in [4.78, 5) is 8.81. The Morgan fingerprint density at radius 3 is 2.80 bits per heavy atom. The summed E-state index contributed by atoms with van der Waals surface area (Å²) in [6, 6.07) is 11.0. The van der Waals surface area contributed by atoms with E-state index < -0.39 is 0 Å². The Morgan fingerprint density at radius 1 is 1.15 bits per heavy atom. The van der Waals surface area contributed by atoms with Crippen molar-refractivity contribution in [2.75, 3.05) is 0 Å². The number of hydrogen-bond donors (Lipinski definition) is 0. The van der Waals surface area contributed by atoms with Crippen LogP contribution in [0.3, 0.4) is 0 Å². The molecule has 1 aromatic carbocycles. The molecule has 1 saturated carbocycles. The van der Waals surface area contributed by atoms with Gasteiger partial charge in [-0.05, 0) is 18.4 Å². The first-order chi connectivity index (χ1) is 9.92. The number of benzene rings is 1. The summed E-state index contributed by atoms with van der Waals surface area (Å²) in [5, 5.41) is 6.56. The van der Waals surface area contributed by atoms with Crippen molar-refractivity contribution in [3.63, 3.8) is 0 Å². The Kier molecular flexibility index (Phi) is 2.92. The third kappa shape index (κ3) is 2.18. The molecular formula is C15H14N4S. The molecule has 0 aliphatic heterocycles. The zero-order valence-corrected chi connectivity index (χ0v) is 11.8. The molecule has 20 heavy (non-hydrogen) atoms. The van der Waals surface area contributed by atoms with Gasteiger partial charge < -0.3 is 0 Å². The smallest absolute Gasteiger partial charge is 0.162 e. The van der Waals surface area contributed by atoms with Crippen LogP contribution in [0.25, 0.3) is 11.0 Å². The minimum atomic E-state index is 0.550. The van der Waals surface area contributed by atoms with Crippen LogP contribution in [0.4, 0.5) is 0 Å². The van der Waals surface area contributed by atoms with Crippen LogP contribution >= 0.6 is 11.8 Å². The van der Waals surface area contributed by atoms with Crippen LogP contribution in [-0.2, 0) is 5.75 Å². The van der Waals surface area contributed by atoms with E-state index in [4.69, 9.17) is 0 Å². The lowest BCUT2D eigenvalue weighted by Crippen LogP contribution is -1.97. The van der Waals surface area contributed by atoms with Crippen molar-refractivity contribution in [3.8, 4) is 0 Å². The van der Waals surface area contributed by atoms with Gasteiger partial charge in [-0.3, -0.25) is 0 Å². The van der Waals surface area contributed by atoms with Crippen LogP contribution in [0, 0.1) is 0 Å². The molecule has 2 aromatic heterocycles. The van der Waals surface area contributed by atoms with E-state index in [1.165, 1.54) is 18.4 Å². The monoisotopic (exact) mass is 282 g/mol. The van der Waals surface area contributed by atoms with Crippen molar-refractivity contribution in [2.24, 2.45) is 0 Å². The van der Waals surface area contributed by atoms with Crippen LogP contribution < -0.4 is 0 Å². The molecule has 1 aliphatic carbocycles. The summed E-state index contributed by atoms with van der Waals surface area (Å²) < 4.78 is 2.05. The molecular weight excluding hydrogens is 268 g/mol. The molecule has 4 nitrogen and oxygen atoms in total. The maximum absolute atomic E-state index is 4.47. The lowest BCUT2D eigenvalue weighted by atomic mass is 10.2. The van der Waals surface area contributed by atoms with Crippen molar-refractivity contribution in [1.82, 2.24) is 19.7 Å². The van der Waals surface area contributed by atoms with Gasteiger partial charge in [0.05, 0.1) is 17.6 Å². The number of rotatable bonds is 4. The minimum Gasteiger partial charge on any atom is -0.244 e. The van der Waals surface area contributed by atoms with E-state index in [-0.39, 0.29) is 0 Å². The number of aromatic nitrogens is 4. The highest BCUT2D eigenvalue weighted by Crippen LogP contribution is 2.37. The Balaban J connectivity index is 1.63. The van der Waals surface area contributed by atoms with Gasteiger partial charge in [-0.15, -0.1) is 11.8 Å². The Labute approximate surface area is 121 Å². The van der Waals surface area contributed by atoms with Gasteiger partial charge in [0.1, 0.15) is 11.4 Å². The quantitative estimate of drug-likeness (QED) is 0.543. The standard InChI is InChI=1S/C15H14N4S/c1-2-4-11(5-3-1)9-20-15-13-8-18-19(12-6-7-12)14(13)16-10-17-15/h1-5,8,10,12H,6-7,9H2. The van der Waals surface area contributed by atoms with E-state index in [1.54, 1.807) is 18.1 Å². The van der Waals surface area contributed by atoms with Gasteiger partial charge >= 0.3 is 0 Å². The van der Waals surface area contributed by atoms with E-state index in [1.807, 2.05) is 16.9 Å². The molecule has 5 heteroatoms. The molecule has 0 radical (unpaired) electrons. The molecule has 1 aliphatic rings. The SMILES string of the molecule is c1ccc(CSc2ncnc3c2cnn3C2CC2)cc1. The van der Waals surface area contributed by atoms with Crippen LogP contribution in [0.5, 0.6) is 0 Å². The maximum atomic E-state index is 4.47. The third-order valence-corrected chi connectivity index (χ3v) is 4.54. The van der Waals surface area contributed by atoms with Crippen molar-refractivity contribution >= 4 is 22.8 Å². The summed E-state index contributed by atoms with van der Waals surface area (Å²) in [7, 11) is 0. The fraction of sp³-hybridized carbons (Fsp3) is 0.267. The highest BCUT2D eigenvalue weighted by atomic mass is 32.2. The molecule has 100 valence electrons. The molecule has 0 bridgehead atoms. The van der Waals surface area contributed by atoms with Crippen molar-refractivity contribution < 1.29 is 0 Å². The third-order valence-electron chi connectivity index (χ3n) is 3.47. The van der Waals surface area contributed by atoms with Crippen molar-refractivity contribution in [2.45, 2.75) is 29.7 Å². The molecule has 3 aromatic rings. The summed E-state index contributed by atoms with van der Waals surface area (Å²) in [5.41, 5.74) is 2.27. The molecule has 4 rings (SSSR count). The number of fused-ring (bicyclic) bond motifs is 1. The molecule has 0 atom stereocenters. The van der Waals surface area contributed by atoms with E-state index in [9.17, 15) is 0 Å². The van der Waals surface area contributed by atoms with Gasteiger partial charge in [0.15, 0.2) is 5.65 Å². The zero-order valence-electron chi connectivity index (χ0n) is 10.9. The summed E-state index contributed by atoms with van der Waals surface area (Å²) in [6.07, 6.45) is 5.98. The van der Waals surface area contributed by atoms with Gasteiger partial charge in [0.25, 0.3) is 0 Å². The largest absolute Gasteiger partial charge is 0.244 e. The normalized spacial score (nSPS) is 14.8.